The fourth-order valence-electron chi connectivity index (χ4n) is 2.78. The Hall–Kier alpha value is -0.980. The van der Waals surface area contributed by atoms with Gasteiger partial charge in [0.05, 0.1) is 12.5 Å². The standard InChI is InChI=1S/C14H26N4O2/c1-5-18-6-7-19-11(8-18)13-16-14(20-17-13)12(9(2)3)10(4)15/h9-12H,5-8,15H2,1-4H3. The third-order valence-electron chi connectivity index (χ3n) is 3.91. The summed E-state index contributed by atoms with van der Waals surface area (Å²) in [5.41, 5.74) is 6.03. The molecule has 1 aromatic heterocycles. The van der Waals surface area contributed by atoms with Crippen molar-refractivity contribution in [1.82, 2.24) is 15.0 Å². The molecule has 0 aliphatic carbocycles. The van der Waals surface area contributed by atoms with Crippen LogP contribution in [0.25, 0.3) is 0 Å². The van der Waals surface area contributed by atoms with E-state index in [4.69, 9.17) is 15.0 Å². The molecule has 0 bridgehead atoms. The van der Waals surface area contributed by atoms with Gasteiger partial charge in [-0.05, 0) is 19.4 Å². The quantitative estimate of drug-likeness (QED) is 0.883. The molecule has 1 aromatic rings. The normalized spacial score (nSPS) is 24.0. The maximum absolute atomic E-state index is 6.03. The number of rotatable bonds is 5. The molecule has 1 aliphatic heterocycles. The SMILES string of the molecule is CCN1CCOC(c2noc(C(C(C)C)C(C)N)n2)C1. The van der Waals surface area contributed by atoms with Crippen LogP contribution in [0.4, 0.5) is 0 Å². The van der Waals surface area contributed by atoms with Gasteiger partial charge in [0.25, 0.3) is 0 Å². The van der Waals surface area contributed by atoms with E-state index < -0.39 is 0 Å². The second-order valence-corrected chi connectivity index (χ2v) is 5.87. The van der Waals surface area contributed by atoms with Crippen LogP contribution in [0.2, 0.25) is 0 Å². The summed E-state index contributed by atoms with van der Waals surface area (Å²) in [6.07, 6.45) is -0.0953. The number of likely N-dealkylation sites (N-methyl/N-ethyl adjacent to an activating group) is 1. The second kappa shape index (κ2) is 6.65. The summed E-state index contributed by atoms with van der Waals surface area (Å²) in [5.74, 6) is 1.72. The van der Waals surface area contributed by atoms with Crippen molar-refractivity contribution in [1.29, 1.82) is 0 Å². The van der Waals surface area contributed by atoms with Crippen molar-refractivity contribution in [3.63, 3.8) is 0 Å². The van der Waals surface area contributed by atoms with E-state index in [9.17, 15) is 0 Å². The van der Waals surface area contributed by atoms with Gasteiger partial charge in [-0.25, -0.2) is 0 Å². The Morgan fingerprint density at radius 3 is 2.75 bits per heavy atom. The van der Waals surface area contributed by atoms with Crippen molar-refractivity contribution in [2.24, 2.45) is 11.7 Å². The minimum Gasteiger partial charge on any atom is -0.367 e. The van der Waals surface area contributed by atoms with E-state index in [2.05, 4.69) is 35.8 Å². The molecule has 2 heterocycles. The minimum absolute atomic E-state index is 0.0114. The van der Waals surface area contributed by atoms with Gasteiger partial charge in [0, 0.05) is 19.1 Å². The molecule has 20 heavy (non-hydrogen) atoms. The van der Waals surface area contributed by atoms with Gasteiger partial charge in [-0.3, -0.25) is 4.90 Å². The largest absolute Gasteiger partial charge is 0.367 e. The average Bonchev–Trinajstić information content (AvgIpc) is 2.87. The van der Waals surface area contributed by atoms with Crippen LogP contribution < -0.4 is 5.73 Å². The van der Waals surface area contributed by atoms with Gasteiger partial charge in [-0.15, -0.1) is 0 Å². The molecule has 114 valence electrons. The molecule has 1 fully saturated rings. The van der Waals surface area contributed by atoms with Crippen molar-refractivity contribution < 1.29 is 9.26 Å². The molecule has 3 atom stereocenters. The lowest BCUT2D eigenvalue weighted by Crippen LogP contribution is -2.38. The van der Waals surface area contributed by atoms with E-state index >= 15 is 0 Å². The van der Waals surface area contributed by atoms with Crippen LogP contribution in [0.1, 0.15) is 51.4 Å². The maximum Gasteiger partial charge on any atom is 0.231 e. The number of hydrogen-bond donors (Lipinski definition) is 1. The summed E-state index contributed by atoms with van der Waals surface area (Å²) in [7, 11) is 0. The van der Waals surface area contributed by atoms with Gasteiger partial charge in [-0.1, -0.05) is 25.9 Å². The van der Waals surface area contributed by atoms with Gasteiger partial charge in [0.15, 0.2) is 0 Å². The second-order valence-electron chi connectivity index (χ2n) is 5.87. The molecule has 0 spiro atoms. The summed E-state index contributed by atoms with van der Waals surface area (Å²) in [6, 6.07) is -0.0114. The average molecular weight is 282 g/mol. The lowest BCUT2D eigenvalue weighted by molar-refractivity contribution is -0.0334. The predicted octanol–water partition coefficient (Wildman–Crippen LogP) is 1.55. The van der Waals surface area contributed by atoms with Crippen LogP contribution in [0.5, 0.6) is 0 Å². The molecule has 0 amide bonds. The molecule has 6 nitrogen and oxygen atoms in total. The summed E-state index contributed by atoms with van der Waals surface area (Å²) in [6.45, 7) is 11.9. The minimum atomic E-state index is -0.0953. The molecule has 3 unspecified atom stereocenters. The van der Waals surface area contributed by atoms with Gasteiger partial charge in [0.1, 0.15) is 6.10 Å². The van der Waals surface area contributed by atoms with E-state index in [1.807, 2.05) is 6.92 Å². The predicted molar refractivity (Wildman–Crippen MR) is 76.3 cm³/mol. The van der Waals surface area contributed by atoms with Gasteiger partial charge >= 0.3 is 0 Å². The Bertz CT molecular complexity index is 411. The number of hydrogen-bond acceptors (Lipinski definition) is 6. The number of ether oxygens (including phenoxy) is 1. The van der Waals surface area contributed by atoms with Crippen molar-refractivity contribution in [3.05, 3.63) is 11.7 Å². The maximum atomic E-state index is 6.03. The number of nitrogens with two attached hydrogens (primary N) is 1. The lowest BCUT2D eigenvalue weighted by atomic mass is 9.90. The number of morpholine rings is 1. The molecule has 2 rings (SSSR count). The van der Waals surface area contributed by atoms with E-state index in [0.717, 1.165) is 19.6 Å². The van der Waals surface area contributed by atoms with Crippen molar-refractivity contribution in [2.45, 2.75) is 45.8 Å². The molecule has 0 aromatic carbocycles. The van der Waals surface area contributed by atoms with Crippen molar-refractivity contribution in [3.8, 4) is 0 Å². The van der Waals surface area contributed by atoms with Gasteiger partial charge in [-0.2, -0.15) is 4.98 Å². The first-order chi connectivity index (χ1) is 9.52. The molecule has 1 aliphatic rings. The Kier molecular flexibility index (Phi) is 5.12. The summed E-state index contributed by atoms with van der Waals surface area (Å²) < 4.78 is 11.2. The zero-order valence-electron chi connectivity index (χ0n) is 12.9. The van der Waals surface area contributed by atoms with E-state index in [0.29, 0.717) is 24.2 Å². The molecule has 0 saturated carbocycles. The monoisotopic (exact) mass is 282 g/mol. The van der Waals surface area contributed by atoms with E-state index in [-0.39, 0.29) is 18.1 Å². The Balaban J connectivity index is 2.11. The fraction of sp³-hybridized carbons (Fsp3) is 0.857. The topological polar surface area (TPSA) is 77.4 Å². The highest BCUT2D eigenvalue weighted by molar-refractivity contribution is 5.02. The highest BCUT2D eigenvalue weighted by Crippen LogP contribution is 2.27. The summed E-state index contributed by atoms with van der Waals surface area (Å²) >= 11 is 0. The summed E-state index contributed by atoms with van der Waals surface area (Å²) in [5, 5.41) is 4.10. The zero-order valence-corrected chi connectivity index (χ0v) is 12.9. The smallest absolute Gasteiger partial charge is 0.231 e. The number of aromatic nitrogens is 2. The summed E-state index contributed by atoms with van der Waals surface area (Å²) in [4.78, 5) is 6.87. The highest BCUT2D eigenvalue weighted by Gasteiger charge is 2.30. The zero-order chi connectivity index (χ0) is 14.7. The molecular formula is C14H26N4O2. The fourth-order valence-corrected chi connectivity index (χ4v) is 2.78. The molecular weight excluding hydrogens is 256 g/mol. The number of nitrogens with zero attached hydrogens (tertiary/aromatic N) is 3. The highest BCUT2D eigenvalue weighted by atomic mass is 16.5. The lowest BCUT2D eigenvalue weighted by Gasteiger charge is -2.30. The van der Waals surface area contributed by atoms with Crippen LogP contribution in [-0.4, -0.2) is 47.3 Å². The van der Waals surface area contributed by atoms with E-state index in [1.54, 1.807) is 0 Å². The molecule has 0 radical (unpaired) electrons. The Labute approximate surface area is 120 Å². The van der Waals surface area contributed by atoms with Crippen LogP contribution in [0.15, 0.2) is 4.52 Å². The molecule has 1 saturated heterocycles. The van der Waals surface area contributed by atoms with Crippen LogP contribution in [0, 0.1) is 5.92 Å². The van der Waals surface area contributed by atoms with E-state index in [1.165, 1.54) is 0 Å². The molecule has 6 heteroatoms. The van der Waals surface area contributed by atoms with Crippen LogP contribution in [-0.2, 0) is 4.74 Å². The van der Waals surface area contributed by atoms with Crippen molar-refractivity contribution in [2.75, 3.05) is 26.2 Å². The Morgan fingerprint density at radius 1 is 1.40 bits per heavy atom. The first-order valence-corrected chi connectivity index (χ1v) is 7.46. The third kappa shape index (κ3) is 3.37. The third-order valence-corrected chi connectivity index (χ3v) is 3.91. The Morgan fingerprint density at radius 2 is 2.15 bits per heavy atom. The first kappa shape index (κ1) is 15.4. The van der Waals surface area contributed by atoms with Crippen LogP contribution >= 0.6 is 0 Å². The van der Waals surface area contributed by atoms with Crippen molar-refractivity contribution >= 4 is 0 Å². The van der Waals surface area contributed by atoms with Gasteiger partial charge < -0.3 is 15.0 Å². The first-order valence-electron chi connectivity index (χ1n) is 7.46. The van der Waals surface area contributed by atoms with Gasteiger partial charge in [0.2, 0.25) is 11.7 Å². The molecule has 2 N–H and O–H groups in total. The van der Waals surface area contributed by atoms with Crippen LogP contribution in [0.3, 0.4) is 0 Å².